The molecule has 138 valence electrons. The van der Waals surface area contributed by atoms with Gasteiger partial charge in [0, 0.05) is 24.0 Å². The molecule has 2 fully saturated rings. The van der Waals surface area contributed by atoms with Crippen molar-refractivity contribution in [3.8, 4) is 0 Å². The predicted octanol–water partition coefficient (Wildman–Crippen LogP) is 1.36. The van der Waals surface area contributed by atoms with Crippen LogP contribution in [-0.4, -0.2) is 73.6 Å². The molecule has 2 aliphatic rings. The van der Waals surface area contributed by atoms with Crippen molar-refractivity contribution in [3.05, 3.63) is 35.0 Å². The quantitative estimate of drug-likeness (QED) is 0.855. The number of nitrogens with one attached hydrogen (secondary N) is 1. The number of likely N-dealkylation sites (N-methyl/N-ethyl adjacent to an activating group) is 2. The number of nitrogens with zero attached hydrogens (tertiary/aromatic N) is 2. The van der Waals surface area contributed by atoms with E-state index in [0.29, 0.717) is 42.6 Å². The largest absolute Gasteiger partial charge is 0.451 e. The van der Waals surface area contributed by atoms with Gasteiger partial charge in [0.05, 0.1) is 19.7 Å². The molecule has 0 unspecified atom stereocenters. The third-order valence-electron chi connectivity index (χ3n) is 5.10. The van der Waals surface area contributed by atoms with Gasteiger partial charge >= 0.3 is 0 Å². The Balaban J connectivity index is 1.42. The molecular formula is C18H20ClN3O4. The van der Waals surface area contributed by atoms with Gasteiger partial charge in [0.15, 0.2) is 5.76 Å². The van der Waals surface area contributed by atoms with E-state index in [1.165, 1.54) is 0 Å². The number of hydrogen-bond donors (Lipinski definition) is 1. The summed E-state index contributed by atoms with van der Waals surface area (Å²) in [5.41, 5.74) is 0.222. The number of carbonyl (C=O) groups excluding carboxylic acids is 2. The van der Waals surface area contributed by atoms with Gasteiger partial charge in [0.1, 0.15) is 17.2 Å². The molecule has 7 nitrogen and oxygen atoms in total. The summed E-state index contributed by atoms with van der Waals surface area (Å²) in [5.74, 6) is 0.0719. The maximum atomic E-state index is 12.7. The molecule has 0 aliphatic carbocycles. The third-order valence-corrected chi connectivity index (χ3v) is 5.34. The summed E-state index contributed by atoms with van der Waals surface area (Å²) < 4.78 is 11.6. The molecular weight excluding hydrogens is 358 g/mol. The summed E-state index contributed by atoms with van der Waals surface area (Å²) in [6.45, 7) is 1.88. The summed E-state index contributed by atoms with van der Waals surface area (Å²) in [6.07, 6.45) is 0. The van der Waals surface area contributed by atoms with E-state index in [-0.39, 0.29) is 17.9 Å². The number of fused-ring (bicyclic) bond motifs is 1. The highest BCUT2D eigenvalue weighted by Crippen LogP contribution is 2.32. The van der Waals surface area contributed by atoms with E-state index in [9.17, 15) is 9.59 Å². The first-order chi connectivity index (χ1) is 12.4. The van der Waals surface area contributed by atoms with Gasteiger partial charge in [-0.3, -0.25) is 14.5 Å². The van der Waals surface area contributed by atoms with Crippen molar-refractivity contribution < 1.29 is 18.7 Å². The van der Waals surface area contributed by atoms with Gasteiger partial charge in [-0.25, -0.2) is 0 Å². The SMILES string of the molecule is CNC(=O)[C@@H]1COC2(CN(C(=O)c3cc4cc(Cl)ccc4o3)C2)CN1C. The smallest absolute Gasteiger partial charge is 0.289 e. The van der Waals surface area contributed by atoms with Crippen LogP contribution in [0.15, 0.2) is 28.7 Å². The Labute approximate surface area is 155 Å². The molecule has 2 amide bonds. The van der Waals surface area contributed by atoms with Crippen LogP contribution in [0.2, 0.25) is 5.02 Å². The van der Waals surface area contributed by atoms with Crippen molar-refractivity contribution in [1.29, 1.82) is 0 Å². The van der Waals surface area contributed by atoms with E-state index in [0.717, 1.165) is 5.39 Å². The number of hydrogen-bond acceptors (Lipinski definition) is 5. The average Bonchev–Trinajstić information content (AvgIpc) is 3.01. The molecule has 2 aromatic rings. The van der Waals surface area contributed by atoms with Crippen LogP contribution in [0.5, 0.6) is 0 Å². The molecule has 8 heteroatoms. The normalized spacial score (nSPS) is 22.4. The molecule has 2 saturated heterocycles. The second kappa shape index (κ2) is 6.26. The molecule has 4 rings (SSSR count). The molecule has 0 bridgehead atoms. The van der Waals surface area contributed by atoms with Gasteiger partial charge < -0.3 is 19.4 Å². The Hall–Kier alpha value is -2.09. The van der Waals surface area contributed by atoms with E-state index >= 15 is 0 Å². The summed E-state index contributed by atoms with van der Waals surface area (Å²) in [4.78, 5) is 28.2. The first-order valence-electron chi connectivity index (χ1n) is 8.45. The van der Waals surface area contributed by atoms with Gasteiger partial charge in [-0.05, 0) is 31.3 Å². The molecule has 26 heavy (non-hydrogen) atoms. The van der Waals surface area contributed by atoms with E-state index in [1.54, 1.807) is 36.2 Å². The topological polar surface area (TPSA) is 75.0 Å². The maximum absolute atomic E-state index is 12.7. The summed E-state index contributed by atoms with van der Waals surface area (Å²) in [7, 11) is 3.52. The molecule has 0 radical (unpaired) electrons. The highest BCUT2D eigenvalue weighted by atomic mass is 35.5. The molecule has 1 spiro atoms. The first kappa shape index (κ1) is 17.3. The number of halogens is 1. The Morgan fingerprint density at radius 1 is 1.27 bits per heavy atom. The van der Waals surface area contributed by atoms with Crippen molar-refractivity contribution in [2.45, 2.75) is 11.6 Å². The molecule has 1 atom stereocenters. The molecule has 2 aliphatic heterocycles. The fourth-order valence-corrected chi connectivity index (χ4v) is 3.88. The van der Waals surface area contributed by atoms with Crippen molar-refractivity contribution in [3.63, 3.8) is 0 Å². The van der Waals surface area contributed by atoms with Gasteiger partial charge in [-0.2, -0.15) is 0 Å². The minimum atomic E-state index is -0.412. The second-order valence-corrected chi connectivity index (χ2v) is 7.43. The number of morpholine rings is 1. The van der Waals surface area contributed by atoms with Crippen LogP contribution in [0.25, 0.3) is 11.0 Å². The molecule has 1 aromatic carbocycles. The van der Waals surface area contributed by atoms with E-state index in [1.807, 2.05) is 11.9 Å². The monoisotopic (exact) mass is 377 g/mol. The lowest BCUT2D eigenvalue weighted by atomic mass is 9.90. The number of ether oxygens (including phenoxy) is 1. The van der Waals surface area contributed by atoms with Crippen LogP contribution in [0.3, 0.4) is 0 Å². The number of rotatable bonds is 2. The van der Waals surface area contributed by atoms with Crippen LogP contribution in [-0.2, 0) is 9.53 Å². The molecule has 0 saturated carbocycles. The van der Waals surface area contributed by atoms with Crippen molar-refractivity contribution in [2.24, 2.45) is 0 Å². The van der Waals surface area contributed by atoms with Crippen molar-refractivity contribution in [1.82, 2.24) is 15.1 Å². The average molecular weight is 378 g/mol. The van der Waals surface area contributed by atoms with Gasteiger partial charge in [0.2, 0.25) is 5.91 Å². The summed E-state index contributed by atoms with van der Waals surface area (Å²) in [5, 5.41) is 4.05. The zero-order valence-corrected chi connectivity index (χ0v) is 15.4. The second-order valence-electron chi connectivity index (χ2n) is 6.99. The highest BCUT2D eigenvalue weighted by molar-refractivity contribution is 6.31. The number of benzene rings is 1. The highest BCUT2D eigenvalue weighted by Gasteiger charge is 2.51. The fraction of sp³-hybridized carbons (Fsp3) is 0.444. The standard InChI is InChI=1S/C18H20ClN3O4/c1-20-16(23)13-7-25-18(8-21(13)2)9-22(10-18)17(24)15-6-11-5-12(19)3-4-14(11)26-15/h3-6,13H,7-10H2,1-2H3,(H,20,23)/t13-/m0/s1. The van der Waals surface area contributed by atoms with Crippen molar-refractivity contribution >= 4 is 34.4 Å². The van der Waals surface area contributed by atoms with Gasteiger partial charge in [-0.1, -0.05) is 11.6 Å². The zero-order valence-electron chi connectivity index (χ0n) is 14.6. The van der Waals surface area contributed by atoms with Crippen LogP contribution in [0, 0.1) is 0 Å². The Kier molecular flexibility index (Phi) is 4.17. The fourth-order valence-electron chi connectivity index (χ4n) is 3.70. The Morgan fingerprint density at radius 2 is 2.04 bits per heavy atom. The van der Waals surface area contributed by atoms with Crippen LogP contribution < -0.4 is 5.32 Å². The molecule has 1 N–H and O–H groups in total. The Bertz CT molecular complexity index is 874. The Morgan fingerprint density at radius 3 is 2.73 bits per heavy atom. The van der Waals surface area contributed by atoms with Crippen molar-refractivity contribution in [2.75, 3.05) is 40.3 Å². The zero-order chi connectivity index (χ0) is 18.5. The number of furan rings is 1. The van der Waals surface area contributed by atoms with E-state index in [2.05, 4.69) is 5.32 Å². The minimum absolute atomic E-state index is 0.0597. The lowest BCUT2D eigenvalue weighted by Gasteiger charge is -2.54. The minimum Gasteiger partial charge on any atom is -0.451 e. The number of likely N-dealkylation sites (tertiary alicyclic amines) is 1. The lowest BCUT2D eigenvalue weighted by molar-refractivity contribution is -0.187. The molecule has 3 heterocycles. The van der Waals surface area contributed by atoms with Crippen LogP contribution in [0.1, 0.15) is 10.6 Å². The maximum Gasteiger partial charge on any atom is 0.289 e. The lowest BCUT2D eigenvalue weighted by Crippen LogP contribution is -2.73. The summed E-state index contributed by atoms with van der Waals surface area (Å²) >= 11 is 5.98. The number of amides is 2. The van der Waals surface area contributed by atoms with Crippen LogP contribution >= 0.6 is 11.6 Å². The van der Waals surface area contributed by atoms with Crippen LogP contribution in [0.4, 0.5) is 0 Å². The van der Waals surface area contributed by atoms with Gasteiger partial charge in [-0.15, -0.1) is 0 Å². The van der Waals surface area contributed by atoms with E-state index < -0.39 is 5.60 Å². The van der Waals surface area contributed by atoms with E-state index in [4.69, 9.17) is 20.8 Å². The molecule has 1 aromatic heterocycles. The number of carbonyl (C=O) groups is 2. The summed E-state index contributed by atoms with van der Waals surface area (Å²) in [6, 6.07) is 6.67. The third kappa shape index (κ3) is 2.86. The first-order valence-corrected chi connectivity index (χ1v) is 8.83. The predicted molar refractivity (Wildman–Crippen MR) is 96.3 cm³/mol. The van der Waals surface area contributed by atoms with Gasteiger partial charge in [0.25, 0.3) is 5.91 Å².